The molecular formula is C17H27NO3. The molecule has 1 atom stereocenters. The van der Waals surface area contributed by atoms with Crippen LogP contribution in [-0.4, -0.2) is 30.6 Å². The van der Waals surface area contributed by atoms with Crippen molar-refractivity contribution in [3.8, 4) is 5.75 Å². The molecule has 0 spiro atoms. The second-order valence-electron chi connectivity index (χ2n) is 5.54. The molecule has 1 unspecified atom stereocenters. The fraction of sp³-hybridized carbons (Fsp3) is 0.588. The highest BCUT2D eigenvalue weighted by molar-refractivity contribution is 5.96. The van der Waals surface area contributed by atoms with Crippen molar-refractivity contribution >= 4 is 5.78 Å². The first-order valence-corrected chi connectivity index (χ1v) is 7.67. The third-order valence-electron chi connectivity index (χ3n) is 3.94. The van der Waals surface area contributed by atoms with E-state index in [4.69, 9.17) is 10.5 Å². The van der Waals surface area contributed by atoms with E-state index in [1.54, 1.807) is 12.1 Å². The SMILES string of the molecule is CCCC(CC)(CO)COc1cccc(C(=O)CCN)c1. The first kappa shape index (κ1) is 17.7. The average molecular weight is 293 g/mol. The van der Waals surface area contributed by atoms with Crippen LogP contribution in [-0.2, 0) is 0 Å². The van der Waals surface area contributed by atoms with Gasteiger partial charge in [0.25, 0.3) is 0 Å². The lowest BCUT2D eigenvalue weighted by molar-refractivity contribution is 0.0539. The van der Waals surface area contributed by atoms with Crippen LogP contribution in [0.3, 0.4) is 0 Å². The van der Waals surface area contributed by atoms with Crippen molar-refractivity contribution in [3.05, 3.63) is 29.8 Å². The minimum Gasteiger partial charge on any atom is -0.493 e. The van der Waals surface area contributed by atoms with Crippen LogP contribution in [0.25, 0.3) is 0 Å². The summed E-state index contributed by atoms with van der Waals surface area (Å²) in [6.07, 6.45) is 3.14. The molecule has 0 aliphatic heterocycles. The molecule has 0 bridgehead atoms. The number of hydrogen-bond acceptors (Lipinski definition) is 4. The largest absolute Gasteiger partial charge is 0.493 e. The summed E-state index contributed by atoms with van der Waals surface area (Å²) in [5.74, 6) is 0.695. The lowest BCUT2D eigenvalue weighted by atomic mass is 9.82. The Morgan fingerprint density at radius 1 is 1.38 bits per heavy atom. The Balaban J connectivity index is 2.74. The molecule has 1 aromatic rings. The number of benzene rings is 1. The quantitative estimate of drug-likeness (QED) is 0.651. The maximum atomic E-state index is 11.8. The van der Waals surface area contributed by atoms with Gasteiger partial charge in [-0.25, -0.2) is 0 Å². The van der Waals surface area contributed by atoms with Gasteiger partial charge in [0.1, 0.15) is 5.75 Å². The fourth-order valence-electron chi connectivity index (χ4n) is 2.39. The van der Waals surface area contributed by atoms with Crippen LogP contribution < -0.4 is 10.5 Å². The van der Waals surface area contributed by atoms with Gasteiger partial charge in [0.15, 0.2) is 5.78 Å². The molecule has 0 saturated carbocycles. The molecule has 1 rings (SSSR count). The summed E-state index contributed by atoms with van der Waals surface area (Å²) in [4.78, 5) is 11.8. The topological polar surface area (TPSA) is 72.5 Å². The van der Waals surface area contributed by atoms with Crippen molar-refractivity contribution < 1.29 is 14.6 Å². The number of carbonyl (C=O) groups is 1. The summed E-state index contributed by atoms with van der Waals surface area (Å²) in [5.41, 5.74) is 5.83. The van der Waals surface area contributed by atoms with E-state index in [1.807, 2.05) is 12.1 Å². The minimum atomic E-state index is -0.202. The molecule has 4 nitrogen and oxygen atoms in total. The predicted octanol–water partition coefficient (Wildman–Crippen LogP) is 2.79. The number of aliphatic hydroxyl groups excluding tert-OH is 1. The standard InChI is InChI=1S/C17H27NO3/c1-3-9-17(4-2,12-19)13-21-15-7-5-6-14(11-15)16(20)8-10-18/h5-7,11,19H,3-4,8-10,12-13,18H2,1-2H3. The number of carbonyl (C=O) groups excluding carboxylic acids is 1. The predicted molar refractivity (Wildman–Crippen MR) is 84.7 cm³/mol. The molecule has 0 heterocycles. The number of ether oxygens (including phenoxy) is 1. The van der Waals surface area contributed by atoms with Gasteiger partial charge >= 0.3 is 0 Å². The summed E-state index contributed by atoms with van der Waals surface area (Å²) < 4.78 is 5.83. The van der Waals surface area contributed by atoms with Gasteiger partial charge < -0.3 is 15.6 Å². The Labute approximate surface area is 127 Å². The zero-order valence-electron chi connectivity index (χ0n) is 13.1. The van der Waals surface area contributed by atoms with Gasteiger partial charge in [0.2, 0.25) is 0 Å². The van der Waals surface area contributed by atoms with E-state index in [-0.39, 0.29) is 17.8 Å². The molecule has 0 aliphatic carbocycles. The van der Waals surface area contributed by atoms with Crippen molar-refractivity contribution in [1.29, 1.82) is 0 Å². The van der Waals surface area contributed by atoms with Crippen molar-refractivity contribution in [2.24, 2.45) is 11.1 Å². The molecule has 0 radical (unpaired) electrons. The van der Waals surface area contributed by atoms with Gasteiger partial charge in [-0.2, -0.15) is 0 Å². The minimum absolute atomic E-state index is 0.0282. The first-order chi connectivity index (χ1) is 10.1. The summed E-state index contributed by atoms with van der Waals surface area (Å²) in [5, 5.41) is 9.65. The number of nitrogens with two attached hydrogens (primary N) is 1. The average Bonchev–Trinajstić information content (AvgIpc) is 2.52. The maximum absolute atomic E-state index is 11.8. The van der Waals surface area contributed by atoms with Crippen LogP contribution in [0.4, 0.5) is 0 Å². The molecular weight excluding hydrogens is 266 g/mol. The van der Waals surface area contributed by atoms with E-state index < -0.39 is 0 Å². The Morgan fingerprint density at radius 3 is 2.71 bits per heavy atom. The summed E-state index contributed by atoms with van der Waals surface area (Å²) >= 11 is 0. The highest BCUT2D eigenvalue weighted by Crippen LogP contribution is 2.29. The van der Waals surface area contributed by atoms with Crippen LogP contribution >= 0.6 is 0 Å². The van der Waals surface area contributed by atoms with Crippen molar-refractivity contribution in [2.75, 3.05) is 19.8 Å². The summed E-state index contributed by atoms with van der Waals surface area (Å²) in [6.45, 7) is 5.10. The Bertz CT molecular complexity index is 441. The van der Waals surface area contributed by atoms with E-state index in [1.165, 1.54) is 0 Å². The molecule has 0 saturated heterocycles. The molecule has 0 aromatic heterocycles. The van der Waals surface area contributed by atoms with Gasteiger partial charge in [-0.15, -0.1) is 0 Å². The third kappa shape index (κ3) is 5.14. The lowest BCUT2D eigenvalue weighted by Crippen LogP contribution is -2.31. The number of hydrogen-bond donors (Lipinski definition) is 2. The van der Waals surface area contributed by atoms with E-state index in [2.05, 4.69) is 13.8 Å². The number of ketones is 1. The number of aliphatic hydroxyl groups is 1. The van der Waals surface area contributed by atoms with Crippen molar-refractivity contribution in [3.63, 3.8) is 0 Å². The Kier molecular flexibility index (Phi) is 7.40. The first-order valence-electron chi connectivity index (χ1n) is 7.67. The molecule has 0 fully saturated rings. The third-order valence-corrected chi connectivity index (χ3v) is 3.94. The Morgan fingerprint density at radius 2 is 2.14 bits per heavy atom. The lowest BCUT2D eigenvalue weighted by Gasteiger charge is -2.30. The van der Waals surface area contributed by atoms with Crippen LogP contribution in [0, 0.1) is 5.41 Å². The number of Topliss-reactive ketones (excluding diaryl/α,β-unsaturated/α-hetero) is 1. The van der Waals surface area contributed by atoms with Crippen molar-refractivity contribution in [2.45, 2.75) is 39.5 Å². The fourth-order valence-corrected chi connectivity index (χ4v) is 2.39. The highest BCUT2D eigenvalue weighted by Gasteiger charge is 2.27. The zero-order valence-corrected chi connectivity index (χ0v) is 13.1. The van der Waals surface area contributed by atoms with E-state index in [9.17, 15) is 9.90 Å². The van der Waals surface area contributed by atoms with Gasteiger partial charge in [-0.3, -0.25) is 4.79 Å². The molecule has 0 aliphatic rings. The van der Waals surface area contributed by atoms with Crippen LogP contribution in [0.15, 0.2) is 24.3 Å². The van der Waals surface area contributed by atoms with Crippen molar-refractivity contribution in [1.82, 2.24) is 0 Å². The smallest absolute Gasteiger partial charge is 0.164 e. The molecule has 0 amide bonds. The second-order valence-corrected chi connectivity index (χ2v) is 5.54. The molecule has 3 N–H and O–H groups in total. The number of rotatable bonds is 10. The second kappa shape index (κ2) is 8.80. The summed E-state index contributed by atoms with van der Waals surface area (Å²) in [7, 11) is 0. The van der Waals surface area contributed by atoms with Crippen LogP contribution in [0.5, 0.6) is 5.75 Å². The van der Waals surface area contributed by atoms with Gasteiger partial charge in [-0.05, 0) is 31.5 Å². The van der Waals surface area contributed by atoms with Gasteiger partial charge in [0, 0.05) is 17.4 Å². The normalized spacial score (nSPS) is 13.7. The molecule has 21 heavy (non-hydrogen) atoms. The molecule has 1 aromatic carbocycles. The van der Waals surface area contributed by atoms with Gasteiger partial charge in [0.05, 0.1) is 13.2 Å². The molecule has 118 valence electrons. The zero-order chi connectivity index (χ0) is 15.7. The van der Waals surface area contributed by atoms with E-state index in [0.717, 1.165) is 19.3 Å². The summed E-state index contributed by atoms with van der Waals surface area (Å²) in [6, 6.07) is 7.17. The van der Waals surface area contributed by atoms with Gasteiger partial charge in [-0.1, -0.05) is 32.4 Å². The van der Waals surface area contributed by atoms with E-state index in [0.29, 0.717) is 30.9 Å². The van der Waals surface area contributed by atoms with Crippen LogP contribution in [0.2, 0.25) is 0 Å². The maximum Gasteiger partial charge on any atom is 0.164 e. The Hall–Kier alpha value is -1.39. The van der Waals surface area contributed by atoms with Crippen LogP contribution in [0.1, 0.15) is 49.9 Å². The molecule has 4 heteroatoms. The van der Waals surface area contributed by atoms with E-state index >= 15 is 0 Å². The highest BCUT2D eigenvalue weighted by atomic mass is 16.5. The monoisotopic (exact) mass is 293 g/mol.